The first kappa shape index (κ1) is 16.4. The van der Waals surface area contributed by atoms with Gasteiger partial charge >= 0.3 is 0 Å². The Balaban J connectivity index is 1.39. The Bertz CT molecular complexity index is 1030. The molecule has 1 aromatic carbocycles. The summed E-state index contributed by atoms with van der Waals surface area (Å²) >= 11 is 0. The minimum absolute atomic E-state index is 0.0773. The number of nitrogens with zero attached hydrogens (tertiary/aromatic N) is 5. The summed E-state index contributed by atoms with van der Waals surface area (Å²) in [5.41, 5.74) is 3.68. The molecule has 1 aliphatic heterocycles. The quantitative estimate of drug-likeness (QED) is 0.718. The summed E-state index contributed by atoms with van der Waals surface area (Å²) in [5.74, 6) is 0.779. The van der Waals surface area contributed by atoms with Gasteiger partial charge in [0.15, 0.2) is 0 Å². The lowest BCUT2D eigenvalue weighted by molar-refractivity contribution is 0.113. The topological polar surface area (TPSA) is 86.8 Å². The van der Waals surface area contributed by atoms with Gasteiger partial charge in [-0.2, -0.15) is 9.61 Å². The molecule has 1 spiro atoms. The van der Waals surface area contributed by atoms with Gasteiger partial charge in [-0.25, -0.2) is 0 Å². The van der Waals surface area contributed by atoms with E-state index in [1.54, 1.807) is 10.8 Å². The SMILES string of the molecule is OC[C@@H]1[C@@H](c2ccccc2)[C@]12CN(c1cc(C3CC3)nn3cnnc13)C[C@H]2O. The molecule has 2 aromatic heterocycles. The van der Waals surface area contributed by atoms with E-state index in [0.29, 0.717) is 19.0 Å². The third kappa shape index (κ3) is 2.20. The van der Waals surface area contributed by atoms with Crippen LogP contribution in [0.2, 0.25) is 0 Å². The molecule has 0 amide bonds. The van der Waals surface area contributed by atoms with Crippen LogP contribution >= 0.6 is 0 Å². The molecule has 0 radical (unpaired) electrons. The summed E-state index contributed by atoms with van der Waals surface area (Å²) in [7, 11) is 0. The molecule has 0 bridgehead atoms. The maximum atomic E-state index is 11.1. The van der Waals surface area contributed by atoms with Gasteiger partial charge in [0.1, 0.15) is 6.33 Å². The van der Waals surface area contributed by atoms with Crippen molar-refractivity contribution in [2.24, 2.45) is 11.3 Å². The van der Waals surface area contributed by atoms with Crippen molar-refractivity contribution in [3.05, 3.63) is 54.0 Å². The molecule has 0 unspecified atom stereocenters. The first-order valence-electron chi connectivity index (χ1n) is 10.0. The standard InChI is InChI=1S/C21H23N5O2/c27-10-15-19(14-4-2-1-3-5-14)21(15)11-25(9-18(21)28)17-8-16(13-6-7-13)24-26-12-22-23-20(17)26/h1-5,8,12-13,15,18-19,27-28H,6-7,9-11H2/t15-,18-,19-,21-/m1/s1. The van der Waals surface area contributed by atoms with Crippen LogP contribution in [0.4, 0.5) is 5.69 Å². The van der Waals surface area contributed by atoms with Gasteiger partial charge < -0.3 is 15.1 Å². The van der Waals surface area contributed by atoms with Crippen LogP contribution in [0, 0.1) is 11.3 Å². The van der Waals surface area contributed by atoms with E-state index in [2.05, 4.69) is 38.4 Å². The van der Waals surface area contributed by atoms with Gasteiger partial charge in [-0.1, -0.05) is 30.3 Å². The number of aromatic nitrogens is 4. The van der Waals surface area contributed by atoms with Gasteiger partial charge in [0.25, 0.3) is 0 Å². The third-order valence-electron chi connectivity index (χ3n) is 7.00. The highest BCUT2D eigenvalue weighted by Gasteiger charge is 2.71. The Morgan fingerprint density at radius 2 is 2.00 bits per heavy atom. The molecular weight excluding hydrogens is 354 g/mol. The van der Waals surface area contributed by atoms with E-state index in [-0.39, 0.29) is 23.9 Å². The fraction of sp³-hybridized carbons (Fsp3) is 0.476. The Hall–Kier alpha value is -2.51. The second kappa shape index (κ2) is 5.75. The number of fused-ring (bicyclic) bond motifs is 1. The van der Waals surface area contributed by atoms with E-state index >= 15 is 0 Å². The monoisotopic (exact) mass is 377 g/mol. The van der Waals surface area contributed by atoms with Crippen LogP contribution in [0.1, 0.15) is 35.9 Å². The Kier molecular flexibility index (Phi) is 3.38. The highest BCUT2D eigenvalue weighted by atomic mass is 16.3. The van der Waals surface area contributed by atoms with E-state index in [4.69, 9.17) is 0 Å². The minimum atomic E-state index is -0.490. The van der Waals surface area contributed by atoms with Crippen molar-refractivity contribution in [3.63, 3.8) is 0 Å². The molecule has 7 nitrogen and oxygen atoms in total. The van der Waals surface area contributed by atoms with E-state index in [9.17, 15) is 10.2 Å². The molecule has 1 saturated heterocycles. The molecule has 3 aliphatic rings. The zero-order valence-corrected chi connectivity index (χ0v) is 15.5. The lowest BCUT2D eigenvalue weighted by Gasteiger charge is -2.19. The second-order valence-corrected chi connectivity index (χ2v) is 8.51. The fourth-order valence-corrected chi connectivity index (χ4v) is 5.39. The van der Waals surface area contributed by atoms with Crippen molar-refractivity contribution >= 4 is 11.3 Å². The molecule has 2 N–H and O–H groups in total. The number of anilines is 1. The van der Waals surface area contributed by atoms with Crippen molar-refractivity contribution in [2.75, 3.05) is 24.6 Å². The van der Waals surface area contributed by atoms with Gasteiger partial charge in [0.05, 0.1) is 17.5 Å². The van der Waals surface area contributed by atoms with E-state index < -0.39 is 6.10 Å². The largest absolute Gasteiger partial charge is 0.396 e. The van der Waals surface area contributed by atoms with Gasteiger partial charge in [-0.15, -0.1) is 10.2 Å². The average molecular weight is 377 g/mol. The molecule has 2 aliphatic carbocycles. The summed E-state index contributed by atoms with van der Waals surface area (Å²) < 4.78 is 1.76. The normalized spacial score (nSPS) is 31.8. The maximum Gasteiger partial charge on any atom is 0.200 e. The molecule has 6 rings (SSSR count). The van der Waals surface area contributed by atoms with Crippen LogP contribution in [-0.2, 0) is 0 Å². The second-order valence-electron chi connectivity index (χ2n) is 8.51. The summed E-state index contributed by atoms with van der Waals surface area (Å²) in [6, 6.07) is 12.4. The van der Waals surface area contributed by atoms with Gasteiger partial charge in [-0.3, -0.25) is 0 Å². The number of rotatable bonds is 4. The zero-order valence-electron chi connectivity index (χ0n) is 15.5. The molecule has 144 valence electrons. The number of benzene rings is 1. The van der Waals surface area contributed by atoms with Crippen molar-refractivity contribution in [1.82, 2.24) is 19.8 Å². The number of β-amino-alcohol motifs (C(OH)–C–C–N with tert-alkyl or cyclic N) is 1. The highest BCUT2D eigenvalue weighted by molar-refractivity contribution is 5.70. The molecule has 28 heavy (non-hydrogen) atoms. The number of aliphatic hydroxyl groups excluding tert-OH is 2. The van der Waals surface area contributed by atoms with E-state index in [0.717, 1.165) is 17.0 Å². The smallest absolute Gasteiger partial charge is 0.200 e. The molecule has 2 saturated carbocycles. The van der Waals surface area contributed by atoms with Crippen LogP contribution < -0.4 is 4.90 Å². The van der Waals surface area contributed by atoms with Crippen molar-refractivity contribution in [1.29, 1.82) is 0 Å². The van der Waals surface area contributed by atoms with E-state index in [1.807, 2.05) is 18.2 Å². The predicted octanol–water partition coefficient (Wildman–Crippen LogP) is 1.57. The molecule has 7 heteroatoms. The summed E-state index contributed by atoms with van der Waals surface area (Å²) in [4.78, 5) is 2.22. The molecular formula is C21H23N5O2. The number of hydrogen-bond donors (Lipinski definition) is 2. The third-order valence-corrected chi connectivity index (χ3v) is 7.00. The van der Waals surface area contributed by atoms with Crippen molar-refractivity contribution in [2.45, 2.75) is 30.8 Å². The minimum Gasteiger partial charge on any atom is -0.396 e. The first-order valence-corrected chi connectivity index (χ1v) is 10.0. The van der Waals surface area contributed by atoms with Crippen LogP contribution in [0.25, 0.3) is 5.65 Å². The lowest BCUT2D eigenvalue weighted by Crippen LogP contribution is -2.23. The lowest BCUT2D eigenvalue weighted by atomic mass is 9.95. The van der Waals surface area contributed by atoms with Crippen LogP contribution in [0.15, 0.2) is 42.7 Å². The van der Waals surface area contributed by atoms with Crippen molar-refractivity contribution in [3.8, 4) is 0 Å². The zero-order chi connectivity index (χ0) is 18.9. The summed E-state index contributed by atoms with van der Waals surface area (Å²) in [6.07, 6.45) is 3.51. The average Bonchev–Trinajstić information content (AvgIpc) is 3.58. The first-order chi connectivity index (χ1) is 13.7. The van der Waals surface area contributed by atoms with Gasteiger partial charge in [0, 0.05) is 31.0 Å². The molecule has 3 fully saturated rings. The Labute approximate surface area is 162 Å². The fourth-order valence-electron chi connectivity index (χ4n) is 5.39. The van der Waals surface area contributed by atoms with Crippen molar-refractivity contribution < 1.29 is 10.2 Å². The highest BCUT2D eigenvalue weighted by Crippen LogP contribution is 2.69. The summed E-state index contributed by atoms with van der Waals surface area (Å²) in [6.45, 7) is 1.33. The number of aliphatic hydroxyl groups is 2. The van der Waals surface area contributed by atoms with E-state index in [1.165, 1.54) is 18.4 Å². The van der Waals surface area contributed by atoms with Crippen LogP contribution in [0.5, 0.6) is 0 Å². The van der Waals surface area contributed by atoms with Crippen LogP contribution in [0.3, 0.4) is 0 Å². The maximum absolute atomic E-state index is 11.1. The Morgan fingerprint density at radius 3 is 2.75 bits per heavy atom. The number of hydrogen-bond acceptors (Lipinski definition) is 6. The predicted molar refractivity (Wildman–Crippen MR) is 103 cm³/mol. The Morgan fingerprint density at radius 1 is 1.18 bits per heavy atom. The van der Waals surface area contributed by atoms with Crippen LogP contribution in [-0.4, -0.2) is 55.8 Å². The molecule has 3 heterocycles. The molecule has 4 atom stereocenters. The molecule has 3 aromatic rings. The summed E-state index contributed by atoms with van der Waals surface area (Å²) in [5, 5.41) is 34.1. The van der Waals surface area contributed by atoms with Gasteiger partial charge in [0.2, 0.25) is 5.65 Å². The van der Waals surface area contributed by atoms with Gasteiger partial charge in [-0.05, 0) is 36.3 Å².